The maximum absolute atomic E-state index is 11.2. The number of ether oxygens (including phenoxy) is 1. The fraction of sp³-hybridized carbons (Fsp3) is 0.316. The van der Waals surface area contributed by atoms with E-state index in [1.54, 1.807) is 24.3 Å². The van der Waals surface area contributed by atoms with Gasteiger partial charge in [-0.2, -0.15) is 0 Å². The van der Waals surface area contributed by atoms with E-state index in [-0.39, 0.29) is 12.4 Å². The summed E-state index contributed by atoms with van der Waals surface area (Å²) in [6.45, 7) is 3.06. The van der Waals surface area contributed by atoms with E-state index in [1.807, 2.05) is 25.2 Å². The number of hydrogen-bond acceptors (Lipinski definition) is 4. The molecule has 0 aromatic heterocycles. The van der Waals surface area contributed by atoms with Crippen molar-refractivity contribution in [2.24, 2.45) is 0 Å². The Morgan fingerprint density at radius 1 is 1.13 bits per heavy atom. The molecular formula is C19H23NO3. The molecular weight excluding hydrogens is 290 g/mol. The van der Waals surface area contributed by atoms with Crippen LogP contribution in [0.2, 0.25) is 0 Å². The Hall–Kier alpha value is -2.17. The Bertz CT molecular complexity index is 610. The largest absolute Gasteiger partial charge is 0.491 e. The van der Waals surface area contributed by atoms with Crippen LogP contribution in [-0.4, -0.2) is 42.1 Å². The summed E-state index contributed by atoms with van der Waals surface area (Å²) in [4.78, 5) is 13.3. The number of benzene rings is 2. The quantitative estimate of drug-likeness (QED) is 0.761. The first-order chi connectivity index (χ1) is 11.0. The van der Waals surface area contributed by atoms with Gasteiger partial charge in [-0.05, 0) is 43.8 Å². The third kappa shape index (κ3) is 5.85. The molecule has 0 saturated carbocycles. The zero-order valence-corrected chi connectivity index (χ0v) is 13.6. The normalized spacial score (nSPS) is 12.2. The van der Waals surface area contributed by atoms with Gasteiger partial charge in [0.15, 0.2) is 5.78 Å². The van der Waals surface area contributed by atoms with Crippen molar-refractivity contribution in [2.75, 3.05) is 20.2 Å². The lowest BCUT2D eigenvalue weighted by Crippen LogP contribution is -2.32. The topological polar surface area (TPSA) is 49.8 Å². The molecule has 4 nitrogen and oxygen atoms in total. The molecule has 2 aromatic carbocycles. The third-order valence-electron chi connectivity index (χ3n) is 3.52. The lowest BCUT2D eigenvalue weighted by molar-refractivity contribution is 0.0743. The molecule has 4 heteroatoms. The fourth-order valence-corrected chi connectivity index (χ4v) is 2.35. The highest BCUT2D eigenvalue weighted by atomic mass is 16.5. The van der Waals surface area contributed by atoms with Gasteiger partial charge in [-0.15, -0.1) is 0 Å². The first kappa shape index (κ1) is 17.2. The monoisotopic (exact) mass is 313 g/mol. The number of nitrogens with zero attached hydrogens (tertiary/aromatic N) is 1. The third-order valence-corrected chi connectivity index (χ3v) is 3.52. The summed E-state index contributed by atoms with van der Waals surface area (Å²) in [7, 11) is 1.97. The van der Waals surface area contributed by atoms with Gasteiger partial charge in [0.1, 0.15) is 18.5 Å². The number of carbonyl (C=O) groups is 1. The maximum atomic E-state index is 11.2. The minimum Gasteiger partial charge on any atom is -0.491 e. The van der Waals surface area contributed by atoms with E-state index in [1.165, 1.54) is 12.5 Å². The first-order valence-electron chi connectivity index (χ1n) is 7.69. The average Bonchev–Trinajstić information content (AvgIpc) is 2.54. The number of rotatable bonds is 8. The summed E-state index contributed by atoms with van der Waals surface area (Å²) in [5.41, 5.74) is 1.86. The standard InChI is InChI=1S/C19H23NO3/c1-15(21)17-8-10-19(11-9-17)23-14-18(22)13-20(2)12-16-6-4-3-5-7-16/h3-11,18,22H,12-14H2,1-2H3/t18-/m1/s1. The van der Waals surface area contributed by atoms with E-state index in [0.717, 1.165) is 6.54 Å². The Balaban J connectivity index is 1.76. The van der Waals surface area contributed by atoms with Crippen molar-refractivity contribution in [3.05, 3.63) is 65.7 Å². The molecule has 2 rings (SSSR count). The molecule has 1 N–H and O–H groups in total. The molecule has 0 aliphatic carbocycles. The molecule has 0 saturated heterocycles. The van der Waals surface area contributed by atoms with Crippen LogP contribution in [0, 0.1) is 0 Å². The van der Waals surface area contributed by atoms with Crippen molar-refractivity contribution >= 4 is 5.78 Å². The van der Waals surface area contributed by atoms with Gasteiger partial charge >= 0.3 is 0 Å². The minimum atomic E-state index is -0.573. The second kappa shape index (κ2) is 8.46. The second-order valence-electron chi connectivity index (χ2n) is 5.73. The SMILES string of the molecule is CC(=O)c1ccc(OC[C@H](O)CN(C)Cc2ccccc2)cc1. The highest BCUT2D eigenvalue weighted by Crippen LogP contribution is 2.13. The zero-order chi connectivity index (χ0) is 16.7. The zero-order valence-electron chi connectivity index (χ0n) is 13.6. The van der Waals surface area contributed by atoms with Gasteiger partial charge in [0.25, 0.3) is 0 Å². The molecule has 0 aliphatic heterocycles. The Morgan fingerprint density at radius 2 is 1.78 bits per heavy atom. The summed E-state index contributed by atoms with van der Waals surface area (Å²) in [6.07, 6.45) is -0.573. The summed E-state index contributed by atoms with van der Waals surface area (Å²) in [5.74, 6) is 0.680. The van der Waals surface area contributed by atoms with Gasteiger partial charge in [-0.1, -0.05) is 30.3 Å². The van der Waals surface area contributed by atoms with E-state index in [9.17, 15) is 9.90 Å². The van der Waals surface area contributed by atoms with Crippen LogP contribution < -0.4 is 4.74 Å². The van der Waals surface area contributed by atoms with Crippen molar-refractivity contribution in [3.8, 4) is 5.75 Å². The van der Waals surface area contributed by atoms with Crippen LogP contribution in [0.5, 0.6) is 5.75 Å². The number of hydrogen-bond donors (Lipinski definition) is 1. The van der Waals surface area contributed by atoms with Crippen LogP contribution in [0.3, 0.4) is 0 Å². The van der Waals surface area contributed by atoms with Crippen molar-refractivity contribution in [1.82, 2.24) is 4.90 Å². The summed E-state index contributed by atoms with van der Waals surface area (Å²) in [5, 5.41) is 10.1. The van der Waals surface area contributed by atoms with Crippen LogP contribution in [-0.2, 0) is 6.54 Å². The van der Waals surface area contributed by atoms with Crippen molar-refractivity contribution < 1.29 is 14.6 Å². The van der Waals surface area contributed by atoms with E-state index >= 15 is 0 Å². The summed E-state index contributed by atoms with van der Waals surface area (Å²) >= 11 is 0. The lowest BCUT2D eigenvalue weighted by Gasteiger charge is -2.21. The van der Waals surface area contributed by atoms with Crippen LogP contribution >= 0.6 is 0 Å². The smallest absolute Gasteiger partial charge is 0.159 e. The molecule has 0 unspecified atom stereocenters. The van der Waals surface area contributed by atoms with Crippen molar-refractivity contribution in [2.45, 2.75) is 19.6 Å². The van der Waals surface area contributed by atoms with E-state index < -0.39 is 6.10 Å². The first-order valence-corrected chi connectivity index (χ1v) is 7.69. The Morgan fingerprint density at radius 3 is 2.39 bits per heavy atom. The highest BCUT2D eigenvalue weighted by Gasteiger charge is 2.10. The molecule has 0 heterocycles. The van der Waals surface area contributed by atoms with Crippen LogP contribution in [0.1, 0.15) is 22.8 Å². The van der Waals surface area contributed by atoms with E-state index in [0.29, 0.717) is 17.9 Å². The number of ketones is 1. The van der Waals surface area contributed by atoms with Crippen LogP contribution in [0.15, 0.2) is 54.6 Å². The predicted molar refractivity (Wildman–Crippen MR) is 90.7 cm³/mol. The van der Waals surface area contributed by atoms with E-state index in [4.69, 9.17) is 4.74 Å². The molecule has 0 bridgehead atoms. The molecule has 0 spiro atoms. The minimum absolute atomic E-state index is 0.0270. The Kier molecular flexibility index (Phi) is 6.32. The number of likely N-dealkylation sites (N-methyl/N-ethyl adjacent to an activating group) is 1. The lowest BCUT2D eigenvalue weighted by atomic mass is 10.1. The maximum Gasteiger partial charge on any atom is 0.159 e. The van der Waals surface area contributed by atoms with Gasteiger partial charge in [0.05, 0.1) is 0 Å². The average molecular weight is 313 g/mol. The predicted octanol–water partition coefficient (Wildman–Crippen LogP) is 2.76. The molecule has 0 amide bonds. The van der Waals surface area contributed by atoms with Gasteiger partial charge in [-0.25, -0.2) is 0 Å². The highest BCUT2D eigenvalue weighted by molar-refractivity contribution is 5.94. The number of aliphatic hydroxyl groups excluding tert-OH is 1. The number of carbonyl (C=O) groups excluding carboxylic acids is 1. The van der Waals surface area contributed by atoms with Crippen LogP contribution in [0.4, 0.5) is 0 Å². The molecule has 122 valence electrons. The number of aliphatic hydroxyl groups is 1. The summed E-state index contributed by atoms with van der Waals surface area (Å²) < 4.78 is 5.57. The number of Topliss-reactive ketones (excluding diaryl/α,β-unsaturated/α-hetero) is 1. The molecule has 23 heavy (non-hydrogen) atoms. The molecule has 2 aromatic rings. The van der Waals surface area contributed by atoms with Crippen LogP contribution in [0.25, 0.3) is 0 Å². The molecule has 0 radical (unpaired) electrons. The fourth-order valence-electron chi connectivity index (χ4n) is 2.35. The molecule has 1 atom stereocenters. The van der Waals surface area contributed by atoms with Gasteiger partial charge in [-0.3, -0.25) is 9.69 Å². The van der Waals surface area contributed by atoms with Gasteiger partial charge < -0.3 is 9.84 Å². The summed E-state index contributed by atoms with van der Waals surface area (Å²) in [6, 6.07) is 17.1. The van der Waals surface area contributed by atoms with E-state index in [2.05, 4.69) is 17.0 Å². The molecule has 0 aliphatic rings. The molecule has 0 fully saturated rings. The second-order valence-corrected chi connectivity index (χ2v) is 5.73. The van der Waals surface area contributed by atoms with Gasteiger partial charge in [0, 0.05) is 18.7 Å². The Labute approximate surface area is 137 Å². The van der Waals surface area contributed by atoms with Crippen molar-refractivity contribution in [3.63, 3.8) is 0 Å². The van der Waals surface area contributed by atoms with Gasteiger partial charge in [0.2, 0.25) is 0 Å². The van der Waals surface area contributed by atoms with Crippen molar-refractivity contribution in [1.29, 1.82) is 0 Å².